The summed E-state index contributed by atoms with van der Waals surface area (Å²) < 4.78 is 5.15. The number of hydrogen-bond donors (Lipinski definition) is 1. The van der Waals surface area contributed by atoms with Gasteiger partial charge in [0.25, 0.3) is 5.91 Å². The molecule has 0 spiro atoms. The highest BCUT2D eigenvalue weighted by Crippen LogP contribution is 2.06. The van der Waals surface area contributed by atoms with E-state index in [-0.39, 0.29) is 5.91 Å². The fourth-order valence-electron chi connectivity index (χ4n) is 1.62. The second kappa shape index (κ2) is 5.34. The van der Waals surface area contributed by atoms with Gasteiger partial charge in [0.1, 0.15) is 5.76 Å². The Bertz CT molecular complexity index is 489. The number of carbonyl (C=O) groups excluding carboxylic acids is 1. The Morgan fingerprint density at radius 2 is 2.18 bits per heavy atom. The molecule has 2 rings (SSSR count). The number of amides is 1. The summed E-state index contributed by atoms with van der Waals surface area (Å²) in [4.78, 5) is 11.9. The molecule has 0 aliphatic rings. The Labute approximate surface area is 100 Å². The van der Waals surface area contributed by atoms with E-state index in [4.69, 9.17) is 4.42 Å². The average molecular weight is 229 g/mol. The van der Waals surface area contributed by atoms with Crippen molar-refractivity contribution in [3.63, 3.8) is 0 Å². The van der Waals surface area contributed by atoms with Crippen molar-refractivity contribution in [1.82, 2.24) is 5.32 Å². The van der Waals surface area contributed by atoms with Crippen molar-refractivity contribution in [3.05, 3.63) is 59.5 Å². The third-order valence-corrected chi connectivity index (χ3v) is 2.60. The van der Waals surface area contributed by atoms with Gasteiger partial charge in [-0.3, -0.25) is 4.79 Å². The number of nitrogens with one attached hydrogen (secondary N) is 1. The van der Waals surface area contributed by atoms with E-state index in [9.17, 15) is 4.79 Å². The zero-order valence-corrected chi connectivity index (χ0v) is 9.77. The van der Waals surface area contributed by atoms with E-state index in [1.807, 2.05) is 30.3 Å². The van der Waals surface area contributed by atoms with E-state index in [1.165, 1.54) is 0 Å². The number of carbonyl (C=O) groups is 1. The van der Waals surface area contributed by atoms with Crippen molar-refractivity contribution in [1.29, 1.82) is 0 Å². The largest absolute Gasteiger partial charge is 0.467 e. The van der Waals surface area contributed by atoms with Crippen molar-refractivity contribution >= 4 is 5.91 Å². The summed E-state index contributed by atoms with van der Waals surface area (Å²) in [6.07, 6.45) is 2.53. The third kappa shape index (κ3) is 2.97. The molecule has 1 N–H and O–H groups in total. The molecule has 0 bridgehead atoms. The molecule has 0 aliphatic heterocycles. The summed E-state index contributed by atoms with van der Waals surface area (Å²) in [5.74, 6) is 0.682. The second-order valence-corrected chi connectivity index (χ2v) is 3.82. The molecular formula is C14H15NO2. The van der Waals surface area contributed by atoms with Crippen molar-refractivity contribution in [2.45, 2.75) is 19.9 Å². The first kappa shape index (κ1) is 11.5. The van der Waals surface area contributed by atoms with E-state index in [0.717, 1.165) is 17.7 Å². The molecular weight excluding hydrogens is 214 g/mol. The molecule has 1 heterocycles. The molecule has 2 aromatic rings. The minimum absolute atomic E-state index is 0.0725. The predicted molar refractivity (Wildman–Crippen MR) is 65.7 cm³/mol. The van der Waals surface area contributed by atoms with Gasteiger partial charge in [0.15, 0.2) is 0 Å². The third-order valence-electron chi connectivity index (χ3n) is 2.60. The van der Waals surface area contributed by atoms with Gasteiger partial charge >= 0.3 is 0 Å². The molecule has 1 aromatic heterocycles. The fraction of sp³-hybridized carbons (Fsp3) is 0.214. The number of rotatable bonds is 4. The topological polar surface area (TPSA) is 42.2 Å². The minimum atomic E-state index is -0.0725. The van der Waals surface area contributed by atoms with Crippen molar-refractivity contribution in [2.75, 3.05) is 0 Å². The molecule has 1 aromatic carbocycles. The van der Waals surface area contributed by atoms with Crippen LogP contribution in [0.5, 0.6) is 0 Å². The van der Waals surface area contributed by atoms with Crippen molar-refractivity contribution in [3.8, 4) is 0 Å². The molecule has 0 atom stereocenters. The highest BCUT2D eigenvalue weighted by molar-refractivity contribution is 5.94. The summed E-state index contributed by atoms with van der Waals surface area (Å²) in [6.45, 7) is 2.49. The van der Waals surface area contributed by atoms with Crippen LogP contribution in [0.15, 0.2) is 47.1 Å². The number of aryl methyl sites for hydroxylation is 1. The molecule has 1 amide bonds. The van der Waals surface area contributed by atoms with Gasteiger partial charge in [0, 0.05) is 5.56 Å². The summed E-state index contributed by atoms with van der Waals surface area (Å²) in [7, 11) is 0. The highest BCUT2D eigenvalue weighted by atomic mass is 16.3. The Balaban J connectivity index is 1.99. The molecule has 88 valence electrons. The highest BCUT2D eigenvalue weighted by Gasteiger charge is 2.06. The van der Waals surface area contributed by atoms with E-state index in [0.29, 0.717) is 12.1 Å². The molecule has 0 unspecified atom stereocenters. The minimum Gasteiger partial charge on any atom is -0.467 e. The molecule has 0 radical (unpaired) electrons. The number of benzene rings is 1. The smallest absolute Gasteiger partial charge is 0.251 e. The Morgan fingerprint density at radius 1 is 1.29 bits per heavy atom. The van der Waals surface area contributed by atoms with Gasteiger partial charge in [-0.2, -0.15) is 0 Å². The van der Waals surface area contributed by atoms with Crippen LogP contribution in [-0.4, -0.2) is 5.91 Å². The monoisotopic (exact) mass is 229 g/mol. The lowest BCUT2D eigenvalue weighted by Crippen LogP contribution is -2.22. The lowest BCUT2D eigenvalue weighted by molar-refractivity contribution is 0.0948. The lowest BCUT2D eigenvalue weighted by Gasteiger charge is -2.04. The molecule has 0 saturated carbocycles. The van der Waals surface area contributed by atoms with Crippen LogP contribution < -0.4 is 5.32 Å². The number of furan rings is 1. The maximum absolute atomic E-state index is 11.9. The maximum atomic E-state index is 11.9. The first-order chi connectivity index (χ1) is 8.29. The zero-order valence-electron chi connectivity index (χ0n) is 9.77. The van der Waals surface area contributed by atoms with Crippen LogP contribution in [0, 0.1) is 0 Å². The van der Waals surface area contributed by atoms with Crippen molar-refractivity contribution in [2.24, 2.45) is 0 Å². The maximum Gasteiger partial charge on any atom is 0.251 e. The quantitative estimate of drug-likeness (QED) is 0.875. The van der Waals surface area contributed by atoms with Crippen LogP contribution in [-0.2, 0) is 13.0 Å². The van der Waals surface area contributed by atoms with Gasteiger partial charge in [-0.05, 0) is 36.2 Å². The van der Waals surface area contributed by atoms with Gasteiger partial charge in [-0.15, -0.1) is 0 Å². The first-order valence-corrected chi connectivity index (χ1v) is 5.69. The molecule has 3 nitrogen and oxygen atoms in total. The van der Waals surface area contributed by atoms with Crippen molar-refractivity contribution < 1.29 is 9.21 Å². The Morgan fingerprint density at radius 3 is 2.88 bits per heavy atom. The van der Waals surface area contributed by atoms with E-state index in [2.05, 4.69) is 12.2 Å². The Kier molecular flexibility index (Phi) is 3.60. The second-order valence-electron chi connectivity index (χ2n) is 3.82. The Hall–Kier alpha value is -2.03. The van der Waals surface area contributed by atoms with Crippen LogP contribution in [0.3, 0.4) is 0 Å². The van der Waals surface area contributed by atoms with Crippen LogP contribution in [0.1, 0.15) is 28.6 Å². The summed E-state index contributed by atoms with van der Waals surface area (Å²) in [5, 5.41) is 2.82. The lowest BCUT2D eigenvalue weighted by atomic mass is 10.1. The van der Waals surface area contributed by atoms with Gasteiger partial charge < -0.3 is 9.73 Å². The fourth-order valence-corrected chi connectivity index (χ4v) is 1.62. The van der Waals surface area contributed by atoms with E-state index < -0.39 is 0 Å². The molecule has 17 heavy (non-hydrogen) atoms. The van der Waals surface area contributed by atoms with Crippen LogP contribution >= 0.6 is 0 Å². The summed E-state index contributed by atoms with van der Waals surface area (Å²) >= 11 is 0. The SMILES string of the molecule is CCc1cccc(C(=O)NCc2ccco2)c1. The molecule has 3 heteroatoms. The van der Waals surface area contributed by atoms with Crippen LogP contribution in [0.25, 0.3) is 0 Å². The standard InChI is InChI=1S/C14H15NO2/c1-2-11-5-3-6-12(9-11)14(16)15-10-13-7-4-8-17-13/h3-9H,2,10H2,1H3,(H,15,16). The molecule has 0 aliphatic carbocycles. The zero-order chi connectivity index (χ0) is 12.1. The predicted octanol–water partition coefficient (Wildman–Crippen LogP) is 2.77. The normalized spacial score (nSPS) is 10.2. The average Bonchev–Trinajstić information content (AvgIpc) is 2.89. The van der Waals surface area contributed by atoms with Crippen LogP contribution in [0.4, 0.5) is 0 Å². The van der Waals surface area contributed by atoms with Gasteiger partial charge in [-0.25, -0.2) is 0 Å². The van der Waals surface area contributed by atoms with E-state index in [1.54, 1.807) is 12.3 Å². The van der Waals surface area contributed by atoms with Crippen LogP contribution in [0.2, 0.25) is 0 Å². The summed E-state index contributed by atoms with van der Waals surface area (Å²) in [6, 6.07) is 11.3. The molecule has 0 fully saturated rings. The van der Waals surface area contributed by atoms with Gasteiger partial charge in [-0.1, -0.05) is 19.1 Å². The number of hydrogen-bond acceptors (Lipinski definition) is 2. The summed E-state index contributed by atoms with van der Waals surface area (Å²) in [5.41, 5.74) is 1.85. The van der Waals surface area contributed by atoms with Gasteiger partial charge in [0.05, 0.1) is 12.8 Å². The van der Waals surface area contributed by atoms with Gasteiger partial charge in [0.2, 0.25) is 0 Å². The van der Waals surface area contributed by atoms with E-state index >= 15 is 0 Å². The molecule has 0 saturated heterocycles. The first-order valence-electron chi connectivity index (χ1n) is 5.69.